The molecule has 0 bridgehead atoms. The summed E-state index contributed by atoms with van der Waals surface area (Å²) >= 11 is 4.96. The predicted octanol–water partition coefficient (Wildman–Crippen LogP) is 1.72. The van der Waals surface area contributed by atoms with Crippen LogP contribution in [0.5, 0.6) is 0 Å². The lowest BCUT2D eigenvalue weighted by Gasteiger charge is -2.43. The van der Waals surface area contributed by atoms with E-state index in [0.717, 1.165) is 18.8 Å². The van der Waals surface area contributed by atoms with Crippen molar-refractivity contribution in [1.82, 2.24) is 4.98 Å². The van der Waals surface area contributed by atoms with Gasteiger partial charge in [0.05, 0.1) is 17.4 Å². The first-order valence-electron chi connectivity index (χ1n) is 6.06. The Morgan fingerprint density at radius 3 is 2.94 bits per heavy atom. The Bertz CT molecular complexity index is 461. The molecule has 1 aromatic heterocycles. The molecule has 5 heteroatoms. The first-order chi connectivity index (χ1) is 8.37. The second kappa shape index (κ2) is 4.82. The maximum absolute atomic E-state index is 5.90. The van der Waals surface area contributed by atoms with Gasteiger partial charge in [0, 0.05) is 25.0 Å². The van der Waals surface area contributed by atoms with Gasteiger partial charge < -0.3 is 15.4 Å². The summed E-state index contributed by atoms with van der Waals surface area (Å²) in [5.41, 5.74) is 7.23. The van der Waals surface area contributed by atoms with E-state index in [1.54, 1.807) is 6.20 Å². The number of thiocarbonyl (C=S) groups is 1. The van der Waals surface area contributed by atoms with E-state index in [-0.39, 0.29) is 11.7 Å². The van der Waals surface area contributed by atoms with E-state index in [9.17, 15) is 0 Å². The number of morpholine rings is 1. The topological polar surface area (TPSA) is 51.4 Å². The Labute approximate surface area is 113 Å². The van der Waals surface area contributed by atoms with Crippen LogP contribution in [0.2, 0.25) is 0 Å². The normalized spacial score (nSPS) is 22.8. The van der Waals surface area contributed by atoms with Crippen molar-refractivity contribution in [2.24, 2.45) is 5.73 Å². The van der Waals surface area contributed by atoms with Gasteiger partial charge in [0.15, 0.2) is 0 Å². The molecule has 2 heterocycles. The first-order valence-corrected chi connectivity index (χ1v) is 6.47. The number of hydrogen-bond donors (Lipinski definition) is 1. The van der Waals surface area contributed by atoms with E-state index >= 15 is 0 Å². The summed E-state index contributed by atoms with van der Waals surface area (Å²) in [6.45, 7) is 8.00. The zero-order valence-electron chi connectivity index (χ0n) is 11.0. The molecule has 0 spiro atoms. The third kappa shape index (κ3) is 2.97. The average molecular weight is 265 g/mol. The van der Waals surface area contributed by atoms with Crippen molar-refractivity contribution in [3.8, 4) is 0 Å². The fourth-order valence-corrected chi connectivity index (χ4v) is 2.51. The van der Waals surface area contributed by atoms with Gasteiger partial charge in [0.2, 0.25) is 0 Å². The highest BCUT2D eigenvalue weighted by atomic mass is 32.1. The van der Waals surface area contributed by atoms with Crippen LogP contribution in [-0.4, -0.2) is 34.8 Å². The monoisotopic (exact) mass is 265 g/mol. The van der Waals surface area contributed by atoms with Crippen LogP contribution in [0.1, 0.15) is 26.5 Å². The van der Waals surface area contributed by atoms with Crippen LogP contribution in [0, 0.1) is 0 Å². The summed E-state index contributed by atoms with van der Waals surface area (Å²) in [6.07, 6.45) is 1.95. The van der Waals surface area contributed by atoms with E-state index in [0.29, 0.717) is 10.7 Å². The maximum Gasteiger partial charge on any atom is 0.122 e. The third-order valence-corrected chi connectivity index (χ3v) is 3.14. The van der Waals surface area contributed by atoms with Crippen molar-refractivity contribution >= 4 is 22.9 Å². The van der Waals surface area contributed by atoms with Crippen LogP contribution >= 0.6 is 12.2 Å². The molecular formula is C13H19N3OS. The number of aromatic nitrogens is 1. The van der Waals surface area contributed by atoms with E-state index < -0.39 is 0 Å². The molecule has 1 saturated heterocycles. The van der Waals surface area contributed by atoms with Crippen LogP contribution in [0.3, 0.4) is 0 Å². The third-order valence-electron chi connectivity index (χ3n) is 2.93. The summed E-state index contributed by atoms with van der Waals surface area (Å²) in [4.78, 5) is 6.79. The smallest absolute Gasteiger partial charge is 0.122 e. The minimum atomic E-state index is -0.148. The molecule has 98 valence electrons. The lowest BCUT2D eigenvalue weighted by molar-refractivity contribution is -0.0749. The molecular weight excluding hydrogens is 246 g/mol. The Morgan fingerprint density at radius 2 is 2.33 bits per heavy atom. The van der Waals surface area contributed by atoms with Crippen molar-refractivity contribution in [2.75, 3.05) is 18.0 Å². The fourth-order valence-electron chi connectivity index (χ4n) is 2.40. The molecule has 1 atom stereocenters. The first kappa shape index (κ1) is 13.2. The molecule has 18 heavy (non-hydrogen) atoms. The summed E-state index contributed by atoms with van der Waals surface area (Å²) < 4.78 is 5.90. The van der Waals surface area contributed by atoms with Gasteiger partial charge in [-0.25, -0.2) is 0 Å². The minimum absolute atomic E-state index is 0.148. The molecule has 0 amide bonds. The zero-order valence-corrected chi connectivity index (χ0v) is 11.8. The van der Waals surface area contributed by atoms with Crippen molar-refractivity contribution < 1.29 is 4.74 Å². The molecule has 2 N–H and O–H groups in total. The van der Waals surface area contributed by atoms with Crippen LogP contribution in [0.15, 0.2) is 18.3 Å². The number of nitrogens with zero attached hydrogens (tertiary/aromatic N) is 2. The van der Waals surface area contributed by atoms with Crippen LogP contribution in [0.4, 0.5) is 5.69 Å². The largest absolute Gasteiger partial charge is 0.388 e. The Morgan fingerprint density at radius 1 is 1.61 bits per heavy atom. The van der Waals surface area contributed by atoms with E-state index in [2.05, 4.69) is 30.7 Å². The summed E-state index contributed by atoms with van der Waals surface area (Å²) in [6, 6.07) is 3.92. The maximum atomic E-state index is 5.90. The highest BCUT2D eigenvalue weighted by molar-refractivity contribution is 7.80. The van der Waals surface area contributed by atoms with Gasteiger partial charge in [-0.1, -0.05) is 12.2 Å². The Kier molecular flexibility index (Phi) is 3.54. The fraction of sp³-hybridized carbons (Fsp3) is 0.538. The number of hydrogen-bond acceptors (Lipinski definition) is 4. The Hall–Kier alpha value is -1.20. The van der Waals surface area contributed by atoms with E-state index in [4.69, 9.17) is 22.7 Å². The molecule has 4 nitrogen and oxygen atoms in total. The van der Waals surface area contributed by atoms with Crippen molar-refractivity contribution in [3.05, 3.63) is 24.0 Å². The lowest BCUT2D eigenvalue weighted by atomic mass is 10.0. The van der Waals surface area contributed by atoms with Crippen molar-refractivity contribution in [1.29, 1.82) is 0 Å². The van der Waals surface area contributed by atoms with Gasteiger partial charge in [0.25, 0.3) is 0 Å². The average Bonchev–Trinajstić information content (AvgIpc) is 2.26. The minimum Gasteiger partial charge on any atom is -0.388 e. The summed E-state index contributed by atoms with van der Waals surface area (Å²) in [7, 11) is 0. The van der Waals surface area contributed by atoms with Gasteiger partial charge in [-0.3, -0.25) is 4.98 Å². The number of pyridine rings is 1. The van der Waals surface area contributed by atoms with Crippen molar-refractivity contribution in [2.45, 2.75) is 32.5 Å². The molecule has 2 rings (SSSR count). The highest BCUT2D eigenvalue weighted by Crippen LogP contribution is 2.25. The quantitative estimate of drug-likeness (QED) is 0.825. The molecule has 0 radical (unpaired) electrons. The predicted molar refractivity (Wildman–Crippen MR) is 77.0 cm³/mol. The van der Waals surface area contributed by atoms with Crippen LogP contribution in [-0.2, 0) is 4.74 Å². The highest BCUT2D eigenvalue weighted by Gasteiger charge is 2.31. The van der Waals surface area contributed by atoms with Gasteiger partial charge in [-0.15, -0.1) is 0 Å². The SMILES string of the molecule is CC1CN(c2ccnc(C(N)=S)c2)CC(C)(C)O1. The number of anilines is 1. The second-order valence-corrected chi connectivity index (χ2v) is 5.77. The van der Waals surface area contributed by atoms with Gasteiger partial charge >= 0.3 is 0 Å². The van der Waals surface area contributed by atoms with Gasteiger partial charge in [0.1, 0.15) is 4.99 Å². The van der Waals surface area contributed by atoms with Crippen LogP contribution < -0.4 is 10.6 Å². The molecule has 1 unspecified atom stereocenters. The molecule has 0 aliphatic carbocycles. The molecule has 1 aliphatic heterocycles. The van der Waals surface area contributed by atoms with E-state index in [1.807, 2.05) is 12.1 Å². The van der Waals surface area contributed by atoms with E-state index in [1.165, 1.54) is 0 Å². The molecule has 1 aliphatic rings. The number of ether oxygens (including phenoxy) is 1. The lowest BCUT2D eigenvalue weighted by Crippen LogP contribution is -2.52. The standard InChI is InChI=1S/C13H19N3OS/c1-9-7-16(8-13(2,3)17-9)10-4-5-15-11(6-10)12(14)18/h4-6,9H,7-8H2,1-3H3,(H2,14,18). The molecule has 0 aromatic carbocycles. The Balaban J connectivity index is 2.25. The second-order valence-electron chi connectivity index (χ2n) is 5.33. The zero-order chi connectivity index (χ0) is 13.3. The molecule has 0 saturated carbocycles. The van der Waals surface area contributed by atoms with Crippen molar-refractivity contribution in [3.63, 3.8) is 0 Å². The summed E-state index contributed by atoms with van der Waals surface area (Å²) in [5, 5.41) is 0. The number of nitrogens with two attached hydrogens (primary N) is 1. The van der Waals surface area contributed by atoms with Gasteiger partial charge in [-0.05, 0) is 32.9 Å². The molecule has 1 aromatic rings. The number of rotatable bonds is 2. The summed E-state index contributed by atoms with van der Waals surface area (Å²) in [5.74, 6) is 0. The van der Waals surface area contributed by atoms with Crippen LogP contribution in [0.25, 0.3) is 0 Å². The van der Waals surface area contributed by atoms with Gasteiger partial charge in [-0.2, -0.15) is 0 Å². The molecule has 1 fully saturated rings.